The van der Waals surface area contributed by atoms with Crippen LogP contribution in [0.2, 0.25) is 0 Å². The molecule has 0 bridgehead atoms. The molecule has 0 radical (unpaired) electrons. The standard InChI is InChI=1S/C15H13BrN4S/c16-14-9-5-4-6-12(14)10-21-11-15-17-18-19-20(15)13-7-2-1-3-8-13/h1-9H,10-11H2. The molecule has 1 heterocycles. The number of rotatable bonds is 5. The molecule has 0 fully saturated rings. The Labute approximate surface area is 135 Å². The first-order chi connectivity index (χ1) is 10.3. The maximum absolute atomic E-state index is 4.12. The average molecular weight is 361 g/mol. The van der Waals surface area contributed by atoms with Crippen molar-refractivity contribution < 1.29 is 0 Å². The summed E-state index contributed by atoms with van der Waals surface area (Å²) in [7, 11) is 0. The average Bonchev–Trinajstić information content (AvgIpc) is 2.99. The molecule has 0 saturated heterocycles. The van der Waals surface area contributed by atoms with E-state index in [-0.39, 0.29) is 0 Å². The zero-order chi connectivity index (χ0) is 14.5. The van der Waals surface area contributed by atoms with Gasteiger partial charge in [-0.1, -0.05) is 52.3 Å². The van der Waals surface area contributed by atoms with Gasteiger partial charge in [0.25, 0.3) is 0 Å². The molecule has 0 aliphatic carbocycles. The molecule has 0 amide bonds. The van der Waals surface area contributed by atoms with Gasteiger partial charge in [0.2, 0.25) is 0 Å². The highest BCUT2D eigenvalue weighted by Gasteiger charge is 2.08. The Balaban J connectivity index is 1.67. The summed E-state index contributed by atoms with van der Waals surface area (Å²) in [6, 6.07) is 18.2. The second-order valence-electron chi connectivity index (χ2n) is 4.43. The molecule has 0 aliphatic heterocycles. The van der Waals surface area contributed by atoms with Crippen molar-refractivity contribution in [2.45, 2.75) is 11.5 Å². The Kier molecular flexibility index (Phi) is 4.67. The van der Waals surface area contributed by atoms with Crippen LogP contribution in [0, 0.1) is 0 Å². The number of hydrogen-bond acceptors (Lipinski definition) is 4. The third-order valence-corrected chi connectivity index (χ3v) is 4.73. The van der Waals surface area contributed by atoms with Crippen molar-refractivity contribution in [1.82, 2.24) is 20.2 Å². The quantitative estimate of drug-likeness (QED) is 0.692. The summed E-state index contributed by atoms with van der Waals surface area (Å²) in [5.74, 6) is 2.55. The highest BCUT2D eigenvalue weighted by molar-refractivity contribution is 9.10. The molecular weight excluding hydrogens is 348 g/mol. The zero-order valence-corrected chi connectivity index (χ0v) is 13.6. The van der Waals surface area contributed by atoms with Crippen molar-refractivity contribution in [2.75, 3.05) is 0 Å². The molecular formula is C15H13BrN4S. The van der Waals surface area contributed by atoms with Gasteiger partial charge in [0.1, 0.15) is 0 Å². The number of aromatic nitrogens is 4. The van der Waals surface area contributed by atoms with E-state index in [1.807, 2.05) is 36.4 Å². The number of hydrogen-bond donors (Lipinski definition) is 0. The molecule has 3 rings (SSSR count). The van der Waals surface area contributed by atoms with Crippen molar-refractivity contribution in [1.29, 1.82) is 0 Å². The SMILES string of the molecule is Brc1ccccc1CSCc1nnnn1-c1ccccc1. The predicted molar refractivity (Wildman–Crippen MR) is 88.3 cm³/mol. The first kappa shape index (κ1) is 14.3. The summed E-state index contributed by atoms with van der Waals surface area (Å²) in [6.45, 7) is 0. The van der Waals surface area contributed by atoms with Gasteiger partial charge in [-0.05, 0) is 34.2 Å². The van der Waals surface area contributed by atoms with Crippen LogP contribution in [0.5, 0.6) is 0 Å². The minimum absolute atomic E-state index is 0.767. The van der Waals surface area contributed by atoms with E-state index in [9.17, 15) is 0 Å². The fourth-order valence-corrected chi connectivity index (χ4v) is 3.48. The minimum Gasteiger partial charge on any atom is -0.196 e. The maximum Gasteiger partial charge on any atom is 0.166 e. The van der Waals surface area contributed by atoms with Crippen LogP contribution in [0.25, 0.3) is 5.69 Å². The summed E-state index contributed by atoms with van der Waals surface area (Å²) in [5.41, 5.74) is 2.26. The first-order valence-electron chi connectivity index (χ1n) is 6.48. The van der Waals surface area contributed by atoms with E-state index in [1.165, 1.54) is 5.56 Å². The monoisotopic (exact) mass is 360 g/mol. The van der Waals surface area contributed by atoms with E-state index in [4.69, 9.17) is 0 Å². The van der Waals surface area contributed by atoms with Gasteiger partial charge in [0, 0.05) is 10.2 Å². The number of benzene rings is 2. The largest absolute Gasteiger partial charge is 0.196 e. The molecule has 1 aromatic heterocycles. The van der Waals surface area contributed by atoms with Crippen LogP contribution in [0.15, 0.2) is 59.1 Å². The summed E-state index contributed by atoms with van der Waals surface area (Å²) in [5, 5.41) is 12.0. The first-order valence-corrected chi connectivity index (χ1v) is 8.43. The van der Waals surface area contributed by atoms with Crippen LogP contribution in [0.1, 0.15) is 11.4 Å². The Hall–Kier alpha value is -1.66. The van der Waals surface area contributed by atoms with Gasteiger partial charge >= 0.3 is 0 Å². The van der Waals surface area contributed by atoms with Crippen LogP contribution in [0.3, 0.4) is 0 Å². The smallest absolute Gasteiger partial charge is 0.166 e. The van der Waals surface area contributed by atoms with Gasteiger partial charge in [-0.3, -0.25) is 0 Å². The van der Waals surface area contributed by atoms with E-state index >= 15 is 0 Å². The lowest BCUT2D eigenvalue weighted by Crippen LogP contribution is -2.02. The third kappa shape index (κ3) is 3.51. The van der Waals surface area contributed by atoms with Gasteiger partial charge in [-0.15, -0.1) is 16.9 Å². The fraction of sp³-hybridized carbons (Fsp3) is 0.133. The molecule has 6 heteroatoms. The molecule has 2 aromatic carbocycles. The molecule has 0 aliphatic rings. The van der Waals surface area contributed by atoms with E-state index in [0.29, 0.717) is 0 Å². The second-order valence-corrected chi connectivity index (χ2v) is 6.27. The minimum atomic E-state index is 0.767. The molecule has 0 saturated carbocycles. The van der Waals surface area contributed by atoms with Gasteiger partial charge in [-0.2, -0.15) is 4.68 Å². The van der Waals surface area contributed by atoms with Crippen molar-refractivity contribution in [3.05, 3.63) is 70.5 Å². The zero-order valence-electron chi connectivity index (χ0n) is 11.2. The van der Waals surface area contributed by atoms with Gasteiger partial charge in [0.15, 0.2) is 5.82 Å². The number of thioether (sulfide) groups is 1. The lowest BCUT2D eigenvalue weighted by Gasteiger charge is -2.05. The molecule has 106 valence electrons. The molecule has 0 atom stereocenters. The Morgan fingerprint density at radius 2 is 1.71 bits per heavy atom. The summed E-state index contributed by atoms with van der Waals surface area (Å²) in [6.07, 6.45) is 0. The summed E-state index contributed by atoms with van der Waals surface area (Å²) < 4.78 is 2.92. The van der Waals surface area contributed by atoms with Crippen LogP contribution < -0.4 is 0 Å². The highest BCUT2D eigenvalue weighted by atomic mass is 79.9. The molecule has 4 nitrogen and oxygen atoms in total. The van der Waals surface area contributed by atoms with Crippen molar-refractivity contribution in [2.24, 2.45) is 0 Å². The van der Waals surface area contributed by atoms with Crippen LogP contribution >= 0.6 is 27.7 Å². The van der Waals surface area contributed by atoms with E-state index in [0.717, 1.165) is 27.5 Å². The Bertz CT molecular complexity index is 714. The Morgan fingerprint density at radius 3 is 2.52 bits per heavy atom. The van der Waals surface area contributed by atoms with E-state index in [2.05, 4.69) is 49.7 Å². The highest BCUT2D eigenvalue weighted by Crippen LogP contribution is 2.23. The molecule has 21 heavy (non-hydrogen) atoms. The van der Waals surface area contributed by atoms with Crippen molar-refractivity contribution >= 4 is 27.7 Å². The van der Waals surface area contributed by atoms with Crippen LogP contribution in [-0.2, 0) is 11.5 Å². The number of tetrazole rings is 1. The lowest BCUT2D eigenvalue weighted by molar-refractivity contribution is 0.777. The fourth-order valence-electron chi connectivity index (χ4n) is 1.93. The van der Waals surface area contributed by atoms with Crippen LogP contribution in [0.4, 0.5) is 0 Å². The predicted octanol–water partition coefficient (Wildman–Crippen LogP) is 3.86. The van der Waals surface area contributed by atoms with Gasteiger partial charge in [0.05, 0.1) is 11.4 Å². The number of para-hydroxylation sites is 1. The number of halogens is 1. The topological polar surface area (TPSA) is 43.6 Å². The van der Waals surface area contributed by atoms with E-state index in [1.54, 1.807) is 16.4 Å². The normalized spacial score (nSPS) is 10.7. The second kappa shape index (κ2) is 6.87. The third-order valence-electron chi connectivity index (χ3n) is 2.98. The molecule has 0 N–H and O–H groups in total. The maximum atomic E-state index is 4.12. The summed E-state index contributed by atoms with van der Waals surface area (Å²) in [4.78, 5) is 0. The lowest BCUT2D eigenvalue weighted by atomic mass is 10.2. The molecule has 3 aromatic rings. The van der Waals surface area contributed by atoms with Crippen molar-refractivity contribution in [3.8, 4) is 5.69 Å². The number of nitrogens with zero attached hydrogens (tertiary/aromatic N) is 4. The van der Waals surface area contributed by atoms with Gasteiger partial charge in [-0.25, -0.2) is 0 Å². The van der Waals surface area contributed by atoms with E-state index < -0.39 is 0 Å². The molecule has 0 unspecified atom stereocenters. The van der Waals surface area contributed by atoms with Gasteiger partial charge < -0.3 is 0 Å². The van der Waals surface area contributed by atoms with Crippen LogP contribution in [-0.4, -0.2) is 20.2 Å². The summed E-state index contributed by atoms with van der Waals surface area (Å²) >= 11 is 5.36. The van der Waals surface area contributed by atoms with Crippen molar-refractivity contribution in [3.63, 3.8) is 0 Å². The Morgan fingerprint density at radius 1 is 0.952 bits per heavy atom. The molecule has 0 spiro atoms.